The van der Waals surface area contributed by atoms with Gasteiger partial charge in [0.05, 0.1) is 0 Å². The molecule has 1 aliphatic rings. The zero-order valence-corrected chi connectivity index (χ0v) is 20.4. The summed E-state index contributed by atoms with van der Waals surface area (Å²) in [7, 11) is 0. The maximum absolute atomic E-state index is 12.3. The Kier molecular flexibility index (Phi) is 16.6. The number of amides is 3. The van der Waals surface area contributed by atoms with Crippen LogP contribution in [0.25, 0.3) is 0 Å². The van der Waals surface area contributed by atoms with Crippen molar-refractivity contribution in [3.63, 3.8) is 0 Å². The molecule has 180 valence electrons. The minimum Gasteiger partial charge on any atom is -0.356 e. The molecule has 0 bridgehead atoms. The average Bonchev–Trinajstić information content (AvgIpc) is 2.77. The third-order valence-electron chi connectivity index (χ3n) is 5.68. The number of carbonyl (C=O) groups is 4. The zero-order chi connectivity index (χ0) is 23.6. The first kappa shape index (κ1) is 29.1. The van der Waals surface area contributed by atoms with Gasteiger partial charge in [0.15, 0.2) is 0 Å². The molecule has 0 aromatic carbocycles. The fraction of sp³-hybridized carbons (Fsp3) is 0.833. The smallest absolute Gasteiger partial charge is 0.220 e. The first-order valence-electron chi connectivity index (χ1n) is 12.2. The molecule has 1 unspecified atom stereocenters. The van der Waals surface area contributed by atoms with Crippen LogP contribution in [0.15, 0.2) is 0 Å². The minimum absolute atomic E-state index is 0.00306. The first-order valence-corrected chi connectivity index (χ1v) is 12.2. The SMILES string of the molecule is CC.CCNC(=O)CCCNC(=O)CCCC(=O)NC1CCC(C(=O)C(C)CC)CC1. The fourth-order valence-corrected chi connectivity index (χ4v) is 3.69. The highest BCUT2D eigenvalue weighted by Crippen LogP contribution is 2.28. The predicted molar refractivity (Wildman–Crippen MR) is 124 cm³/mol. The number of Topliss-reactive ketones (excluding diaryl/α,β-unsaturated/α-hetero) is 1. The van der Waals surface area contributed by atoms with Gasteiger partial charge in [-0.3, -0.25) is 19.2 Å². The molecule has 0 spiro atoms. The average molecular weight is 440 g/mol. The Morgan fingerprint density at radius 2 is 1.35 bits per heavy atom. The normalized spacial score (nSPS) is 18.7. The molecule has 0 aliphatic heterocycles. The summed E-state index contributed by atoms with van der Waals surface area (Å²) in [6.07, 6.45) is 6.47. The Morgan fingerprint density at radius 3 is 1.94 bits per heavy atom. The van der Waals surface area contributed by atoms with Gasteiger partial charge in [-0.1, -0.05) is 27.7 Å². The molecule has 1 saturated carbocycles. The van der Waals surface area contributed by atoms with E-state index in [1.807, 2.05) is 34.6 Å². The van der Waals surface area contributed by atoms with Gasteiger partial charge >= 0.3 is 0 Å². The van der Waals surface area contributed by atoms with E-state index in [2.05, 4.69) is 16.0 Å². The van der Waals surface area contributed by atoms with E-state index in [4.69, 9.17) is 0 Å². The summed E-state index contributed by atoms with van der Waals surface area (Å²) in [5.41, 5.74) is 0. The highest BCUT2D eigenvalue weighted by molar-refractivity contribution is 5.83. The molecule has 3 N–H and O–H groups in total. The maximum Gasteiger partial charge on any atom is 0.220 e. The second-order valence-electron chi connectivity index (χ2n) is 8.09. The lowest BCUT2D eigenvalue weighted by Crippen LogP contribution is -2.39. The van der Waals surface area contributed by atoms with E-state index >= 15 is 0 Å². The standard InChI is InChI=1S/C22H39N3O4.C2H6/c1-4-16(3)22(29)17-11-13-18(14-12-17)25-21(28)9-6-8-20(27)24-15-7-10-19(26)23-5-2;1-2/h16-18H,4-15H2,1-3H3,(H,23,26)(H,24,27)(H,25,28);1-2H3. The van der Waals surface area contributed by atoms with E-state index in [1.165, 1.54) is 0 Å². The Hall–Kier alpha value is -1.92. The number of carbonyl (C=O) groups excluding carboxylic acids is 4. The van der Waals surface area contributed by atoms with Gasteiger partial charge in [-0.15, -0.1) is 0 Å². The van der Waals surface area contributed by atoms with Crippen LogP contribution < -0.4 is 16.0 Å². The van der Waals surface area contributed by atoms with Gasteiger partial charge in [0, 0.05) is 50.2 Å². The van der Waals surface area contributed by atoms with Gasteiger partial charge in [-0.05, 0) is 51.9 Å². The highest BCUT2D eigenvalue weighted by atomic mass is 16.2. The monoisotopic (exact) mass is 439 g/mol. The molecule has 1 atom stereocenters. The number of ketones is 1. The van der Waals surface area contributed by atoms with Crippen LogP contribution in [0.5, 0.6) is 0 Å². The number of rotatable bonds is 13. The van der Waals surface area contributed by atoms with Gasteiger partial charge in [-0.2, -0.15) is 0 Å². The number of hydrogen-bond acceptors (Lipinski definition) is 4. The van der Waals surface area contributed by atoms with Crippen molar-refractivity contribution in [1.29, 1.82) is 0 Å². The molecule has 0 radical (unpaired) electrons. The van der Waals surface area contributed by atoms with E-state index in [9.17, 15) is 19.2 Å². The largest absolute Gasteiger partial charge is 0.356 e. The third kappa shape index (κ3) is 13.2. The van der Waals surface area contributed by atoms with Crippen molar-refractivity contribution < 1.29 is 19.2 Å². The van der Waals surface area contributed by atoms with Crippen molar-refractivity contribution in [2.45, 2.75) is 105 Å². The molecular formula is C24H45N3O4. The summed E-state index contributed by atoms with van der Waals surface area (Å²) in [6, 6.07) is 0.145. The van der Waals surface area contributed by atoms with Crippen LogP contribution in [0.4, 0.5) is 0 Å². The van der Waals surface area contributed by atoms with Gasteiger partial charge in [0.25, 0.3) is 0 Å². The molecule has 0 heterocycles. The van der Waals surface area contributed by atoms with Crippen molar-refractivity contribution in [3.8, 4) is 0 Å². The molecule has 0 aromatic heterocycles. The second-order valence-corrected chi connectivity index (χ2v) is 8.09. The third-order valence-corrected chi connectivity index (χ3v) is 5.68. The molecule has 0 aromatic rings. The number of hydrogen-bond donors (Lipinski definition) is 3. The van der Waals surface area contributed by atoms with Crippen LogP contribution in [-0.2, 0) is 19.2 Å². The van der Waals surface area contributed by atoms with Crippen LogP contribution >= 0.6 is 0 Å². The van der Waals surface area contributed by atoms with Crippen LogP contribution in [0.3, 0.4) is 0 Å². The van der Waals surface area contributed by atoms with Gasteiger partial charge in [0.2, 0.25) is 17.7 Å². The summed E-state index contributed by atoms with van der Waals surface area (Å²) in [6.45, 7) is 11.0. The van der Waals surface area contributed by atoms with Crippen LogP contribution in [0.1, 0.15) is 98.8 Å². The van der Waals surface area contributed by atoms with Crippen molar-refractivity contribution in [2.24, 2.45) is 11.8 Å². The number of nitrogens with one attached hydrogen (secondary N) is 3. The molecule has 0 saturated heterocycles. The zero-order valence-electron chi connectivity index (χ0n) is 20.4. The highest BCUT2D eigenvalue weighted by Gasteiger charge is 2.28. The molecule has 1 rings (SSSR count). The fourth-order valence-electron chi connectivity index (χ4n) is 3.69. The predicted octanol–water partition coefficient (Wildman–Crippen LogP) is 3.51. The van der Waals surface area contributed by atoms with Crippen molar-refractivity contribution in [2.75, 3.05) is 13.1 Å². The van der Waals surface area contributed by atoms with Crippen molar-refractivity contribution in [3.05, 3.63) is 0 Å². The summed E-state index contributed by atoms with van der Waals surface area (Å²) in [5.74, 6) is 0.537. The van der Waals surface area contributed by atoms with E-state index in [0.29, 0.717) is 51.0 Å². The Balaban J connectivity index is 0.00000436. The van der Waals surface area contributed by atoms with E-state index in [-0.39, 0.29) is 35.6 Å². The molecule has 1 fully saturated rings. The molecule has 7 nitrogen and oxygen atoms in total. The van der Waals surface area contributed by atoms with Gasteiger partial charge in [0.1, 0.15) is 5.78 Å². The topological polar surface area (TPSA) is 104 Å². The van der Waals surface area contributed by atoms with Crippen molar-refractivity contribution in [1.82, 2.24) is 16.0 Å². The van der Waals surface area contributed by atoms with Gasteiger partial charge < -0.3 is 16.0 Å². The maximum atomic E-state index is 12.3. The lowest BCUT2D eigenvalue weighted by Gasteiger charge is -2.29. The van der Waals surface area contributed by atoms with E-state index < -0.39 is 0 Å². The summed E-state index contributed by atoms with van der Waals surface area (Å²) in [4.78, 5) is 47.5. The Bertz CT molecular complexity index is 543. The Morgan fingerprint density at radius 1 is 0.806 bits per heavy atom. The molecular weight excluding hydrogens is 394 g/mol. The van der Waals surface area contributed by atoms with E-state index in [0.717, 1.165) is 32.1 Å². The summed E-state index contributed by atoms with van der Waals surface area (Å²) < 4.78 is 0. The molecule has 3 amide bonds. The first-order chi connectivity index (χ1) is 14.9. The van der Waals surface area contributed by atoms with E-state index in [1.54, 1.807) is 0 Å². The van der Waals surface area contributed by atoms with Gasteiger partial charge in [-0.25, -0.2) is 0 Å². The minimum atomic E-state index is -0.0854. The van der Waals surface area contributed by atoms with Crippen LogP contribution in [0, 0.1) is 11.8 Å². The summed E-state index contributed by atoms with van der Waals surface area (Å²) in [5, 5.41) is 8.54. The molecule has 31 heavy (non-hydrogen) atoms. The molecule has 7 heteroatoms. The van der Waals surface area contributed by atoms with Crippen LogP contribution in [0.2, 0.25) is 0 Å². The second kappa shape index (κ2) is 17.7. The van der Waals surface area contributed by atoms with Crippen LogP contribution in [-0.4, -0.2) is 42.6 Å². The molecule has 1 aliphatic carbocycles. The lowest BCUT2D eigenvalue weighted by atomic mass is 9.79. The summed E-state index contributed by atoms with van der Waals surface area (Å²) >= 11 is 0. The Labute approximate surface area is 188 Å². The lowest BCUT2D eigenvalue weighted by molar-refractivity contribution is -0.127. The van der Waals surface area contributed by atoms with Crippen molar-refractivity contribution >= 4 is 23.5 Å². The quantitative estimate of drug-likeness (QED) is 0.382.